The standard InChI is InChI=1S/C12H17FN2O3S/c1-12(2)8-9(5-7-18-12)15-19(16,17)11-10(13)4-3-6-14-11/h3-4,6,9,15H,5,7-8H2,1-2H3. The van der Waals surface area contributed by atoms with Gasteiger partial charge in [0.15, 0.2) is 5.82 Å². The predicted molar refractivity (Wildman–Crippen MR) is 67.6 cm³/mol. The van der Waals surface area contributed by atoms with Gasteiger partial charge in [0.2, 0.25) is 5.03 Å². The third-order valence-corrected chi connectivity index (χ3v) is 4.45. The summed E-state index contributed by atoms with van der Waals surface area (Å²) in [4.78, 5) is 3.60. The van der Waals surface area contributed by atoms with Crippen LogP contribution in [-0.4, -0.2) is 31.7 Å². The fourth-order valence-corrected chi connectivity index (χ4v) is 3.45. The Morgan fingerprint density at radius 2 is 2.26 bits per heavy atom. The fourth-order valence-electron chi connectivity index (χ4n) is 2.18. The molecule has 0 amide bonds. The van der Waals surface area contributed by atoms with Crippen LogP contribution in [-0.2, 0) is 14.8 Å². The maximum Gasteiger partial charge on any atom is 0.261 e. The molecule has 0 spiro atoms. The number of aromatic nitrogens is 1. The molecule has 0 bridgehead atoms. The molecule has 0 aliphatic carbocycles. The summed E-state index contributed by atoms with van der Waals surface area (Å²) in [6, 6.07) is 2.16. The summed E-state index contributed by atoms with van der Waals surface area (Å²) < 4.78 is 45.7. The molecular formula is C12H17FN2O3S. The second kappa shape index (κ2) is 5.15. The van der Waals surface area contributed by atoms with Crippen molar-refractivity contribution >= 4 is 10.0 Å². The van der Waals surface area contributed by atoms with Gasteiger partial charge in [-0.3, -0.25) is 0 Å². The molecular weight excluding hydrogens is 271 g/mol. The Labute approximate surface area is 112 Å². The molecule has 1 aliphatic heterocycles. The molecule has 19 heavy (non-hydrogen) atoms. The molecule has 1 aromatic heterocycles. The number of sulfonamides is 1. The number of hydrogen-bond donors (Lipinski definition) is 1. The SMILES string of the molecule is CC1(C)CC(NS(=O)(=O)c2ncccc2F)CCO1. The van der Waals surface area contributed by atoms with Gasteiger partial charge in [0, 0.05) is 18.8 Å². The van der Waals surface area contributed by atoms with E-state index in [-0.39, 0.29) is 11.6 Å². The van der Waals surface area contributed by atoms with Crippen molar-refractivity contribution in [1.29, 1.82) is 0 Å². The Balaban J connectivity index is 2.16. The monoisotopic (exact) mass is 288 g/mol. The third-order valence-electron chi connectivity index (χ3n) is 3.00. The third kappa shape index (κ3) is 3.49. The fraction of sp³-hybridized carbons (Fsp3) is 0.583. The quantitative estimate of drug-likeness (QED) is 0.914. The smallest absolute Gasteiger partial charge is 0.261 e. The largest absolute Gasteiger partial charge is 0.375 e. The number of nitrogens with zero attached hydrogens (tertiary/aromatic N) is 1. The van der Waals surface area contributed by atoms with Crippen LogP contribution in [0.15, 0.2) is 23.4 Å². The molecule has 1 unspecified atom stereocenters. The lowest BCUT2D eigenvalue weighted by molar-refractivity contribution is -0.0599. The lowest BCUT2D eigenvalue weighted by Crippen LogP contribution is -2.46. The topological polar surface area (TPSA) is 68.3 Å². The maximum absolute atomic E-state index is 13.5. The van der Waals surface area contributed by atoms with Gasteiger partial charge in [-0.2, -0.15) is 0 Å². The van der Waals surface area contributed by atoms with E-state index in [9.17, 15) is 12.8 Å². The molecule has 1 saturated heterocycles. The van der Waals surface area contributed by atoms with Crippen LogP contribution in [0.1, 0.15) is 26.7 Å². The van der Waals surface area contributed by atoms with Crippen LogP contribution in [0.3, 0.4) is 0 Å². The highest BCUT2D eigenvalue weighted by molar-refractivity contribution is 7.89. The van der Waals surface area contributed by atoms with Crippen LogP contribution in [0.5, 0.6) is 0 Å². The van der Waals surface area contributed by atoms with Crippen LogP contribution < -0.4 is 4.72 Å². The van der Waals surface area contributed by atoms with Crippen molar-refractivity contribution < 1.29 is 17.5 Å². The summed E-state index contributed by atoms with van der Waals surface area (Å²) in [6.07, 6.45) is 2.36. The number of ether oxygens (including phenoxy) is 1. The average Bonchev–Trinajstić information content (AvgIpc) is 2.27. The van der Waals surface area contributed by atoms with Crippen molar-refractivity contribution in [3.05, 3.63) is 24.1 Å². The average molecular weight is 288 g/mol. The minimum Gasteiger partial charge on any atom is -0.375 e. The highest BCUT2D eigenvalue weighted by atomic mass is 32.2. The molecule has 5 nitrogen and oxygen atoms in total. The van der Waals surface area contributed by atoms with Crippen molar-refractivity contribution in [2.24, 2.45) is 0 Å². The van der Waals surface area contributed by atoms with Crippen molar-refractivity contribution in [3.8, 4) is 0 Å². The molecule has 1 aliphatic rings. The molecule has 1 atom stereocenters. The summed E-state index contributed by atoms with van der Waals surface area (Å²) in [6.45, 7) is 4.27. The molecule has 0 saturated carbocycles. The second-order valence-electron chi connectivity index (χ2n) is 5.21. The second-order valence-corrected chi connectivity index (χ2v) is 6.84. The molecule has 0 aromatic carbocycles. The summed E-state index contributed by atoms with van der Waals surface area (Å²) in [5.41, 5.74) is -0.381. The van der Waals surface area contributed by atoms with Crippen molar-refractivity contribution in [2.75, 3.05) is 6.61 Å². The Morgan fingerprint density at radius 1 is 1.53 bits per heavy atom. The van der Waals surface area contributed by atoms with E-state index in [1.54, 1.807) is 0 Å². The number of nitrogens with one attached hydrogen (secondary N) is 1. The molecule has 2 rings (SSSR count). The number of hydrogen-bond acceptors (Lipinski definition) is 4. The number of halogens is 1. The zero-order valence-corrected chi connectivity index (χ0v) is 11.7. The lowest BCUT2D eigenvalue weighted by Gasteiger charge is -2.35. The molecule has 7 heteroatoms. The Bertz CT molecular complexity index is 560. The highest BCUT2D eigenvalue weighted by Crippen LogP contribution is 2.25. The van der Waals surface area contributed by atoms with Crippen molar-refractivity contribution in [1.82, 2.24) is 9.71 Å². The Morgan fingerprint density at radius 3 is 2.89 bits per heavy atom. The number of rotatable bonds is 3. The van der Waals surface area contributed by atoms with Crippen LogP contribution >= 0.6 is 0 Å². The Hall–Kier alpha value is -1.05. The molecule has 2 heterocycles. The first kappa shape index (κ1) is 14.4. The van der Waals surface area contributed by atoms with Gasteiger partial charge >= 0.3 is 0 Å². The van der Waals surface area contributed by atoms with E-state index in [0.717, 1.165) is 6.07 Å². The molecule has 0 radical (unpaired) electrons. The first-order valence-electron chi connectivity index (χ1n) is 6.07. The van der Waals surface area contributed by atoms with Gasteiger partial charge in [0.25, 0.3) is 10.0 Å². The predicted octanol–water partition coefficient (Wildman–Crippen LogP) is 1.46. The van der Waals surface area contributed by atoms with E-state index in [1.165, 1.54) is 12.3 Å². The minimum absolute atomic E-state index is 0.268. The van der Waals surface area contributed by atoms with E-state index in [2.05, 4.69) is 9.71 Å². The molecule has 1 aromatic rings. The number of pyridine rings is 1. The van der Waals surface area contributed by atoms with Gasteiger partial charge in [0.1, 0.15) is 0 Å². The first-order valence-corrected chi connectivity index (χ1v) is 7.55. The van der Waals surface area contributed by atoms with Crippen LogP contribution in [0.2, 0.25) is 0 Å². The summed E-state index contributed by atoms with van der Waals surface area (Å²) in [5, 5.41) is -0.556. The molecule has 1 N–H and O–H groups in total. The normalized spacial score (nSPS) is 23.2. The van der Waals surface area contributed by atoms with E-state index < -0.39 is 20.9 Å². The highest BCUT2D eigenvalue weighted by Gasteiger charge is 2.32. The first-order chi connectivity index (χ1) is 8.80. The minimum atomic E-state index is -3.93. The lowest BCUT2D eigenvalue weighted by atomic mass is 9.95. The van der Waals surface area contributed by atoms with Crippen LogP contribution in [0.25, 0.3) is 0 Å². The zero-order chi connectivity index (χ0) is 14.1. The van der Waals surface area contributed by atoms with Gasteiger partial charge < -0.3 is 4.74 Å². The van der Waals surface area contributed by atoms with E-state index in [1.807, 2.05) is 13.8 Å². The van der Waals surface area contributed by atoms with Crippen molar-refractivity contribution in [3.63, 3.8) is 0 Å². The summed E-state index contributed by atoms with van der Waals surface area (Å²) in [7, 11) is -3.93. The zero-order valence-electron chi connectivity index (χ0n) is 10.9. The van der Waals surface area contributed by atoms with Crippen LogP contribution in [0, 0.1) is 5.82 Å². The van der Waals surface area contributed by atoms with E-state index >= 15 is 0 Å². The van der Waals surface area contributed by atoms with Gasteiger partial charge in [-0.05, 0) is 38.8 Å². The van der Waals surface area contributed by atoms with E-state index in [4.69, 9.17) is 4.74 Å². The van der Waals surface area contributed by atoms with E-state index in [0.29, 0.717) is 19.4 Å². The van der Waals surface area contributed by atoms with Crippen molar-refractivity contribution in [2.45, 2.75) is 43.4 Å². The molecule has 106 valence electrons. The summed E-state index contributed by atoms with van der Waals surface area (Å²) >= 11 is 0. The maximum atomic E-state index is 13.5. The molecule has 1 fully saturated rings. The van der Waals surface area contributed by atoms with Gasteiger partial charge in [-0.15, -0.1) is 0 Å². The summed E-state index contributed by atoms with van der Waals surface area (Å²) in [5.74, 6) is -0.846. The van der Waals surface area contributed by atoms with Gasteiger partial charge in [-0.25, -0.2) is 22.5 Å². The Kier molecular flexibility index (Phi) is 3.89. The van der Waals surface area contributed by atoms with Gasteiger partial charge in [0.05, 0.1) is 5.60 Å². The van der Waals surface area contributed by atoms with Gasteiger partial charge in [-0.1, -0.05) is 0 Å². The van der Waals surface area contributed by atoms with Crippen LogP contribution in [0.4, 0.5) is 4.39 Å².